The van der Waals surface area contributed by atoms with Crippen molar-refractivity contribution in [2.24, 2.45) is 0 Å². The molecule has 0 spiro atoms. The van der Waals surface area contributed by atoms with Gasteiger partial charge in [-0.15, -0.1) is 0 Å². The summed E-state index contributed by atoms with van der Waals surface area (Å²) in [5.74, 6) is -0.937. The number of esters is 1. The Hall–Kier alpha value is -3.61. The van der Waals surface area contributed by atoms with Gasteiger partial charge in [0.2, 0.25) is 0 Å². The molecule has 0 aliphatic heterocycles. The predicted octanol–water partition coefficient (Wildman–Crippen LogP) is 2.89. The van der Waals surface area contributed by atoms with Gasteiger partial charge in [-0.3, -0.25) is 4.79 Å². The van der Waals surface area contributed by atoms with Crippen molar-refractivity contribution < 1.29 is 30.0 Å². The summed E-state index contributed by atoms with van der Waals surface area (Å²) in [5.41, 5.74) is 2.60. The van der Waals surface area contributed by atoms with E-state index in [1.54, 1.807) is 6.07 Å². The Labute approximate surface area is 148 Å². The van der Waals surface area contributed by atoms with Crippen LogP contribution >= 0.6 is 0 Å². The Morgan fingerprint density at radius 3 is 1.85 bits per heavy atom. The second-order valence-electron chi connectivity index (χ2n) is 5.80. The average molecular weight is 355 g/mol. The van der Waals surface area contributed by atoms with Gasteiger partial charge in [0.05, 0.1) is 13.5 Å². The van der Waals surface area contributed by atoms with E-state index in [1.807, 2.05) is 0 Å². The fourth-order valence-electron chi connectivity index (χ4n) is 2.77. The standard InChI is InChI=1S/C19H17NO6/c1-26-19(25)9-18-16(10-2-12(21)6-13(22)3-10)8-17(20-18)11-4-14(23)7-15(24)5-11/h2-8,20-24H,9H2,1H3. The molecule has 0 atom stereocenters. The number of carbonyl (C=O) groups is 1. The van der Waals surface area contributed by atoms with Gasteiger partial charge in [0.25, 0.3) is 0 Å². The smallest absolute Gasteiger partial charge is 0.311 e. The number of hydrogen-bond donors (Lipinski definition) is 5. The summed E-state index contributed by atoms with van der Waals surface area (Å²) >= 11 is 0. The van der Waals surface area contributed by atoms with E-state index in [-0.39, 0.29) is 29.4 Å². The first-order valence-corrected chi connectivity index (χ1v) is 7.71. The van der Waals surface area contributed by atoms with E-state index in [4.69, 9.17) is 4.74 Å². The number of aromatic amines is 1. The molecule has 0 unspecified atom stereocenters. The second kappa shape index (κ2) is 6.72. The van der Waals surface area contributed by atoms with Gasteiger partial charge in [0.1, 0.15) is 23.0 Å². The van der Waals surface area contributed by atoms with Crippen molar-refractivity contribution in [3.05, 3.63) is 48.2 Å². The van der Waals surface area contributed by atoms with Gasteiger partial charge in [-0.25, -0.2) is 0 Å². The molecule has 3 rings (SSSR count). The summed E-state index contributed by atoms with van der Waals surface area (Å²) in [7, 11) is 1.28. The zero-order valence-corrected chi connectivity index (χ0v) is 13.9. The molecular weight excluding hydrogens is 338 g/mol. The van der Waals surface area contributed by atoms with Crippen molar-refractivity contribution in [2.45, 2.75) is 6.42 Å². The normalized spacial score (nSPS) is 10.7. The van der Waals surface area contributed by atoms with E-state index in [9.17, 15) is 25.2 Å². The number of hydrogen-bond acceptors (Lipinski definition) is 6. The number of benzene rings is 2. The lowest BCUT2D eigenvalue weighted by molar-refractivity contribution is -0.139. The number of aromatic nitrogens is 1. The van der Waals surface area contributed by atoms with Crippen molar-refractivity contribution >= 4 is 5.97 Å². The minimum Gasteiger partial charge on any atom is -0.508 e. The van der Waals surface area contributed by atoms with Gasteiger partial charge >= 0.3 is 5.97 Å². The monoisotopic (exact) mass is 355 g/mol. The lowest BCUT2D eigenvalue weighted by Gasteiger charge is -2.05. The molecule has 134 valence electrons. The Morgan fingerprint density at radius 1 is 0.846 bits per heavy atom. The van der Waals surface area contributed by atoms with Crippen LogP contribution in [-0.2, 0) is 16.0 Å². The molecule has 0 saturated carbocycles. The van der Waals surface area contributed by atoms with E-state index in [0.717, 1.165) is 0 Å². The molecule has 0 amide bonds. The highest BCUT2D eigenvalue weighted by Gasteiger charge is 2.17. The molecule has 7 nitrogen and oxygen atoms in total. The van der Waals surface area contributed by atoms with Crippen LogP contribution in [0.2, 0.25) is 0 Å². The number of phenolic OH excluding ortho intramolecular Hbond substituents is 4. The molecule has 1 aromatic heterocycles. The highest BCUT2D eigenvalue weighted by molar-refractivity contribution is 5.81. The summed E-state index contributed by atoms with van der Waals surface area (Å²) in [6.07, 6.45) is -0.0625. The Balaban J connectivity index is 2.15. The number of aromatic hydroxyl groups is 4. The molecule has 3 aromatic rings. The third-order valence-corrected chi connectivity index (χ3v) is 3.88. The quantitative estimate of drug-likeness (QED) is 0.459. The van der Waals surface area contributed by atoms with Crippen molar-refractivity contribution in [3.8, 4) is 45.4 Å². The van der Waals surface area contributed by atoms with E-state index in [2.05, 4.69) is 4.98 Å². The SMILES string of the molecule is COC(=O)Cc1[nH]c(-c2cc(O)cc(O)c2)cc1-c1cc(O)cc(O)c1. The summed E-state index contributed by atoms with van der Waals surface area (Å²) in [6.45, 7) is 0. The van der Waals surface area contributed by atoms with Gasteiger partial charge in [0, 0.05) is 34.6 Å². The van der Waals surface area contributed by atoms with E-state index in [0.29, 0.717) is 28.1 Å². The van der Waals surface area contributed by atoms with E-state index < -0.39 is 5.97 Å². The summed E-state index contributed by atoms with van der Waals surface area (Å²) in [5, 5.41) is 38.9. The molecule has 0 aliphatic carbocycles. The van der Waals surface area contributed by atoms with Crippen molar-refractivity contribution in [1.29, 1.82) is 0 Å². The molecule has 0 saturated heterocycles. The van der Waals surface area contributed by atoms with Crippen LogP contribution < -0.4 is 0 Å². The van der Waals surface area contributed by atoms with Gasteiger partial charge < -0.3 is 30.1 Å². The third-order valence-electron chi connectivity index (χ3n) is 3.88. The first-order valence-electron chi connectivity index (χ1n) is 7.71. The van der Waals surface area contributed by atoms with Crippen molar-refractivity contribution in [2.75, 3.05) is 7.11 Å². The maximum absolute atomic E-state index is 11.7. The number of nitrogens with one attached hydrogen (secondary N) is 1. The number of H-pyrrole nitrogens is 1. The number of ether oxygens (including phenoxy) is 1. The Morgan fingerprint density at radius 2 is 1.35 bits per heavy atom. The van der Waals surface area contributed by atoms with Gasteiger partial charge in [-0.05, 0) is 35.9 Å². The van der Waals surface area contributed by atoms with E-state index >= 15 is 0 Å². The summed E-state index contributed by atoms with van der Waals surface area (Å²) < 4.78 is 4.71. The highest BCUT2D eigenvalue weighted by Crippen LogP contribution is 2.36. The van der Waals surface area contributed by atoms with Crippen molar-refractivity contribution in [1.82, 2.24) is 4.98 Å². The molecule has 2 aromatic carbocycles. The van der Waals surface area contributed by atoms with Crippen LogP contribution in [0.4, 0.5) is 0 Å². The predicted molar refractivity (Wildman–Crippen MR) is 94.0 cm³/mol. The van der Waals surface area contributed by atoms with Crippen LogP contribution in [0.5, 0.6) is 23.0 Å². The lowest BCUT2D eigenvalue weighted by atomic mass is 10.0. The molecule has 26 heavy (non-hydrogen) atoms. The maximum Gasteiger partial charge on any atom is 0.311 e. The molecule has 0 fully saturated rings. The molecular formula is C19H17NO6. The van der Waals surface area contributed by atoms with Crippen LogP contribution in [0.3, 0.4) is 0 Å². The van der Waals surface area contributed by atoms with Crippen LogP contribution in [-0.4, -0.2) is 38.5 Å². The van der Waals surface area contributed by atoms with Gasteiger partial charge in [-0.1, -0.05) is 0 Å². The maximum atomic E-state index is 11.7. The lowest BCUT2D eigenvalue weighted by Crippen LogP contribution is -2.05. The van der Waals surface area contributed by atoms with E-state index in [1.165, 1.54) is 43.5 Å². The first-order chi connectivity index (χ1) is 12.4. The summed E-state index contributed by atoms with van der Waals surface area (Å²) in [4.78, 5) is 14.8. The zero-order chi connectivity index (χ0) is 18.8. The molecule has 0 bridgehead atoms. The number of methoxy groups -OCH3 is 1. The number of phenols is 4. The molecule has 7 heteroatoms. The van der Waals surface area contributed by atoms with Crippen LogP contribution in [0.15, 0.2) is 42.5 Å². The summed E-state index contributed by atoms with van der Waals surface area (Å²) in [6, 6.07) is 9.91. The van der Waals surface area contributed by atoms with Gasteiger partial charge in [-0.2, -0.15) is 0 Å². The molecule has 1 heterocycles. The van der Waals surface area contributed by atoms with Crippen LogP contribution in [0.1, 0.15) is 5.69 Å². The van der Waals surface area contributed by atoms with Crippen LogP contribution in [0.25, 0.3) is 22.4 Å². The van der Waals surface area contributed by atoms with Crippen LogP contribution in [0, 0.1) is 0 Å². The Bertz CT molecular complexity index is 936. The highest BCUT2D eigenvalue weighted by atomic mass is 16.5. The van der Waals surface area contributed by atoms with Crippen molar-refractivity contribution in [3.63, 3.8) is 0 Å². The first kappa shape index (κ1) is 17.2. The largest absolute Gasteiger partial charge is 0.508 e. The fourth-order valence-corrected chi connectivity index (χ4v) is 2.77. The zero-order valence-electron chi connectivity index (χ0n) is 13.9. The third kappa shape index (κ3) is 3.56. The molecule has 0 radical (unpaired) electrons. The van der Waals surface area contributed by atoms with Gasteiger partial charge in [0.15, 0.2) is 0 Å². The molecule has 5 N–H and O–H groups in total. The second-order valence-corrected chi connectivity index (χ2v) is 5.80. The minimum atomic E-state index is -0.470. The Kier molecular flexibility index (Phi) is 4.45. The fraction of sp³-hybridized carbons (Fsp3) is 0.105. The topological polar surface area (TPSA) is 123 Å². The number of rotatable bonds is 4. The molecule has 0 aliphatic rings. The average Bonchev–Trinajstić information content (AvgIpc) is 2.96. The minimum absolute atomic E-state index is 0.0625. The number of carbonyl (C=O) groups excluding carboxylic acids is 1.